The molecule has 2 heterocycles. The van der Waals surface area contributed by atoms with Gasteiger partial charge in [0.25, 0.3) is 5.56 Å². The lowest BCUT2D eigenvalue weighted by molar-refractivity contribution is -0.146. The van der Waals surface area contributed by atoms with Gasteiger partial charge in [-0.1, -0.05) is 23.7 Å². The average Bonchev–Trinajstić information content (AvgIpc) is 3.07. The molecule has 0 aliphatic rings. The molecule has 0 fully saturated rings. The van der Waals surface area contributed by atoms with Crippen LogP contribution in [0.3, 0.4) is 0 Å². The van der Waals surface area contributed by atoms with Crippen LogP contribution in [0.5, 0.6) is 5.75 Å². The van der Waals surface area contributed by atoms with Gasteiger partial charge >= 0.3 is 11.7 Å². The number of hydrogen-bond donors (Lipinski definition) is 0. The van der Waals surface area contributed by atoms with Crippen molar-refractivity contribution < 1.29 is 14.3 Å². The summed E-state index contributed by atoms with van der Waals surface area (Å²) < 4.78 is 14.4. The number of fused-ring (bicyclic) bond motifs is 1. The average molecular weight is 407 g/mol. The molecule has 0 atom stereocenters. The highest BCUT2D eigenvalue weighted by Gasteiger charge is 2.14. The van der Waals surface area contributed by atoms with E-state index in [1.165, 1.54) is 10.9 Å². The van der Waals surface area contributed by atoms with Gasteiger partial charge in [-0.15, -0.1) is 0 Å². The molecule has 2 aromatic heterocycles. The molecule has 9 nitrogen and oxygen atoms in total. The molecule has 0 saturated heterocycles. The van der Waals surface area contributed by atoms with Crippen molar-refractivity contribution in [3.8, 4) is 5.75 Å². The Kier molecular flexibility index (Phi) is 5.84. The minimum atomic E-state index is -0.567. The lowest BCUT2D eigenvalue weighted by Crippen LogP contribution is -2.39. The van der Waals surface area contributed by atoms with Gasteiger partial charge in [-0.25, -0.2) is 14.6 Å². The fraction of sp³-hybridized carbons (Fsp3) is 0.333. The highest BCUT2D eigenvalue weighted by molar-refractivity contribution is 6.32. The van der Waals surface area contributed by atoms with Gasteiger partial charge in [-0.3, -0.25) is 13.9 Å². The minimum absolute atomic E-state index is 0.0454. The number of para-hydroxylation sites is 1. The van der Waals surface area contributed by atoms with Crippen LogP contribution in [-0.4, -0.2) is 37.9 Å². The molecule has 10 heteroatoms. The summed E-state index contributed by atoms with van der Waals surface area (Å²) in [6.45, 7) is -0.124. The lowest BCUT2D eigenvalue weighted by Gasteiger charge is -2.10. The van der Waals surface area contributed by atoms with E-state index >= 15 is 0 Å². The number of halogens is 1. The van der Waals surface area contributed by atoms with Gasteiger partial charge in [0.1, 0.15) is 5.75 Å². The summed E-state index contributed by atoms with van der Waals surface area (Å²) in [5.74, 6) is -0.178. The zero-order chi connectivity index (χ0) is 20.3. The van der Waals surface area contributed by atoms with Gasteiger partial charge in [-0.2, -0.15) is 0 Å². The van der Waals surface area contributed by atoms with Crippen LogP contribution in [0.1, 0.15) is 6.42 Å². The maximum absolute atomic E-state index is 12.6. The van der Waals surface area contributed by atoms with Gasteiger partial charge in [0, 0.05) is 20.6 Å². The standard InChI is InChI=1S/C18H19ClN4O5/c1-21-11-20-16-15(21)17(25)23(18(26)22(16)2)8-5-9-27-14(24)10-28-13-7-4-3-6-12(13)19/h3-4,6-7,11H,5,8-10H2,1-2H3. The number of carbonyl (C=O) groups excluding carboxylic acids is 1. The Morgan fingerprint density at radius 1 is 1.21 bits per heavy atom. The number of benzene rings is 1. The molecule has 0 amide bonds. The molecule has 148 valence electrons. The number of rotatable bonds is 7. The Morgan fingerprint density at radius 3 is 2.71 bits per heavy atom. The van der Waals surface area contributed by atoms with Crippen LogP contribution in [0, 0.1) is 0 Å². The molecule has 0 aliphatic heterocycles. The lowest BCUT2D eigenvalue weighted by atomic mass is 10.3. The summed E-state index contributed by atoms with van der Waals surface area (Å²) in [6, 6.07) is 6.79. The Morgan fingerprint density at radius 2 is 1.96 bits per heavy atom. The number of nitrogens with zero attached hydrogens (tertiary/aromatic N) is 4. The Bertz CT molecular complexity index is 1130. The number of hydrogen-bond acceptors (Lipinski definition) is 6. The number of carbonyl (C=O) groups is 1. The fourth-order valence-electron chi connectivity index (χ4n) is 2.74. The van der Waals surface area contributed by atoms with Crippen molar-refractivity contribution in [3.63, 3.8) is 0 Å². The third kappa shape index (κ3) is 3.94. The highest BCUT2D eigenvalue weighted by atomic mass is 35.5. The molecule has 3 aromatic rings. The van der Waals surface area contributed by atoms with Crippen LogP contribution in [0.4, 0.5) is 0 Å². The van der Waals surface area contributed by atoms with E-state index in [0.29, 0.717) is 28.4 Å². The third-order valence-electron chi connectivity index (χ3n) is 4.17. The van der Waals surface area contributed by atoms with Crippen LogP contribution in [0.15, 0.2) is 40.2 Å². The van der Waals surface area contributed by atoms with Gasteiger partial charge < -0.3 is 14.0 Å². The second kappa shape index (κ2) is 8.30. The first-order valence-corrected chi connectivity index (χ1v) is 8.91. The molecule has 3 rings (SSSR count). The van der Waals surface area contributed by atoms with Crippen molar-refractivity contribution in [2.45, 2.75) is 13.0 Å². The summed E-state index contributed by atoms with van der Waals surface area (Å²) in [4.78, 5) is 40.8. The topological polar surface area (TPSA) is 97.4 Å². The maximum Gasteiger partial charge on any atom is 0.344 e. The highest BCUT2D eigenvalue weighted by Crippen LogP contribution is 2.22. The molecular formula is C18H19ClN4O5. The smallest absolute Gasteiger partial charge is 0.344 e. The first-order valence-electron chi connectivity index (χ1n) is 8.54. The number of ether oxygens (including phenoxy) is 2. The van der Waals surface area contributed by atoms with E-state index in [2.05, 4.69) is 4.98 Å². The predicted molar refractivity (Wildman–Crippen MR) is 103 cm³/mol. The molecule has 0 radical (unpaired) electrons. The quantitative estimate of drug-likeness (QED) is 0.430. The maximum atomic E-state index is 12.6. The number of esters is 1. The van der Waals surface area contributed by atoms with Gasteiger partial charge in [0.05, 0.1) is 18.0 Å². The summed E-state index contributed by atoms with van der Waals surface area (Å²) in [7, 11) is 3.24. The number of imidazole rings is 1. The van der Waals surface area contributed by atoms with Crippen molar-refractivity contribution in [3.05, 3.63) is 56.5 Å². The van der Waals surface area contributed by atoms with E-state index in [9.17, 15) is 14.4 Å². The molecule has 0 unspecified atom stereocenters. The van der Waals surface area contributed by atoms with E-state index in [1.54, 1.807) is 42.9 Å². The summed E-state index contributed by atoms with van der Waals surface area (Å²) >= 11 is 5.94. The van der Waals surface area contributed by atoms with Crippen molar-refractivity contribution in [2.75, 3.05) is 13.2 Å². The Labute approximate surface area is 164 Å². The number of aryl methyl sites for hydroxylation is 2. The Hall–Kier alpha value is -3.07. The molecule has 0 saturated carbocycles. The summed E-state index contributed by atoms with van der Waals surface area (Å²) in [5.41, 5.74) is -0.222. The number of aromatic nitrogens is 4. The zero-order valence-corrected chi connectivity index (χ0v) is 16.2. The fourth-order valence-corrected chi connectivity index (χ4v) is 2.93. The predicted octanol–water partition coefficient (Wildman–Crippen LogP) is 1.10. The second-order valence-electron chi connectivity index (χ2n) is 6.12. The van der Waals surface area contributed by atoms with E-state index in [1.807, 2.05) is 0 Å². The molecule has 0 N–H and O–H groups in total. The van der Waals surface area contributed by atoms with Gasteiger partial charge in [0.2, 0.25) is 0 Å². The SMILES string of the molecule is Cn1cnc2c1c(=O)n(CCCOC(=O)COc1ccccc1Cl)c(=O)n2C. The third-order valence-corrected chi connectivity index (χ3v) is 4.48. The van der Waals surface area contributed by atoms with E-state index in [4.69, 9.17) is 21.1 Å². The van der Waals surface area contributed by atoms with Crippen molar-refractivity contribution in [1.29, 1.82) is 0 Å². The van der Waals surface area contributed by atoms with Gasteiger partial charge in [-0.05, 0) is 18.6 Å². The molecule has 0 aliphatic carbocycles. The first-order chi connectivity index (χ1) is 13.4. The zero-order valence-electron chi connectivity index (χ0n) is 15.4. The van der Waals surface area contributed by atoms with Crippen molar-refractivity contribution in [1.82, 2.24) is 18.7 Å². The molecule has 28 heavy (non-hydrogen) atoms. The monoisotopic (exact) mass is 406 g/mol. The van der Waals surface area contributed by atoms with Crippen LogP contribution >= 0.6 is 11.6 Å². The van der Waals surface area contributed by atoms with E-state index in [0.717, 1.165) is 4.57 Å². The van der Waals surface area contributed by atoms with Crippen molar-refractivity contribution in [2.24, 2.45) is 14.1 Å². The largest absolute Gasteiger partial charge is 0.480 e. The van der Waals surface area contributed by atoms with Gasteiger partial charge in [0.15, 0.2) is 17.8 Å². The van der Waals surface area contributed by atoms with Crippen LogP contribution < -0.4 is 16.0 Å². The second-order valence-corrected chi connectivity index (χ2v) is 6.53. The molecule has 0 bridgehead atoms. The summed E-state index contributed by atoms with van der Waals surface area (Å²) in [6.07, 6.45) is 1.78. The van der Waals surface area contributed by atoms with E-state index in [-0.39, 0.29) is 19.8 Å². The van der Waals surface area contributed by atoms with Crippen molar-refractivity contribution >= 4 is 28.7 Å². The Balaban J connectivity index is 1.56. The van der Waals surface area contributed by atoms with Crippen LogP contribution in [-0.2, 0) is 30.2 Å². The van der Waals surface area contributed by atoms with E-state index < -0.39 is 17.2 Å². The first kappa shape index (κ1) is 19.7. The molecule has 1 aromatic carbocycles. The molecule has 0 spiro atoms. The van der Waals surface area contributed by atoms with Crippen LogP contribution in [0.2, 0.25) is 5.02 Å². The minimum Gasteiger partial charge on any atom is -0.480 e. The molecular weight excluding hydrogens is 388 g/mol. The normalized spacial score (nSPS) is 11.0. The van der Waals surface area contributed by atoms with Crippen LogP contribution in [0.25, 0.3) is 11.2 Å². The summed E-state index contributed by atoms with van der Waals surface area (Å²) in [5, 5.41) is 0.399.